The Morgan fingerprint density at radius 3 is 2.06 bits per heavy atom. The number of carboxylic acid groups (broad SMARTS) is 1. The van der Waals surface area contributed by atoms with Crippen LogP contribution in [-0.4, -0.2) is 126 Å². The van der Waals surface area contributed by atoms with Gasteiger partial charge in [-0.25, -0.2) is 9.59 Å². The van der Waals surface area contributed by atoms with Crippen molar-refractivity contribution >= 4 is 59.5 Å². The highest BCUT2D eigenvalue weighted by molar-refractivity contribution is 5.99. The Labute approximate surface area is 301 Å². The van der Waals surface area contributed by atoms with Crippen molar-refractivity contribution in [2.24, 2.45) is 11.5 Å². The Kier molecular flexibility index (Phi) is 14.3. The molecule has 22 heteroatoms. The van der Waals surface area contributed by atoms with Crippen molar-refractivity contribution in [3.8, 4) is 0 Å². The molecule has 1 saturated heterocycles. The number of piperazine rings is 1. The van der Waals surface area contributed by atoms with Crippen LogP contribution in [0.1, 0.15) is 33.6 Å². The molecule has 284 valence electrons. The van der Waals surface area contributed by atoms with Crippen LogP contribution in [0.3, 0.4) is 0 Å². The Morgan fingerprint density at radius 2 is 1.49 bits per heavy atom. The quantitative estimate of drug-likeness (QED) is 0.0468. The van der Waals surface area contributed by atoms with E-state index >= 15 is 0 Å². The molecule has 1 fully saturated rings. The molecule has 1 aliphatic rings. The van der Waals surface area contributed by atoms with Crippen LogP contribution < -0.4 is 27.2 Å². The maximum atomic E-state index is 13.6. The zero-order valence-corrected chi connectivity index (χ0v) is 28.5. The summed E-state index contributed by atoms with van der Waals surface area (Å²) < 4.78 is 8.89. The molecule has 3 rings (SSSR count). The second-order valence-corrected chi connectivity index (χ2v) is 10.9. The molecule has 2 atom stereocenters. The van der Waals surface area contributed by atoms with E-state index in [2.05, 4.69) is 20.1 Å². The van der Waals surface area contributed by atoms with E-state index in [4.69, 9.17) is 32.0 Å². The Morgan fingerprint density at radius 1 is 0.887 bits per heavy atom. The molecule has 2 aromatic carbocycles. The van der Waals surface area contributed by atoms with Crippen molar-refractivity contribution in [3.05, 3.63) is 65.7 Å². The summed E-state index contributed by atoms with van der Waals surface area (Å²) in [6.45, 7) is -1.56. The van der Waals surface area contributed by atoms with Gasteiger partial charge in [0.1, 0.15) is 18.8 Å². The summed E-state index contributed by atoms with van der Waals surface area (Å²) in [6.07, 6.45) is -4.39. The van der Waals surface area contributed by atoms with Crippen LogP contribution in [0.5, 0.6) is 0 Å². The number of carboxylic acids is 1. The fourth-order valence-electron chi connectivity index (χ4n) is 4.98. The standard InChI is InChI=1S/C31H38N10O12/c1-50-30(48)52-40(28(32)33)20-10-8-19(9-11-20)25(45)36-16-23(42)39-15-14-38(17-24(43)44)27(47)21(39)12-13-22(41(29(34)35)53-31(49)51-2)37-26(46)18-6-4-3-5-7-18/h3-11,21-22H,12-17H2,1-2H3,(H3,32,33)(H3,34,35)(H,36,45)(H,37,46)(H,43,44)/t21-,22?/m0/s1. The lowest BCUT2D eigenvalue weighted by atomic mass is 10.0. The van der Waals surface area contributed by atoms with E-state index in [1.807, 2.05) is 0 Å². The van der Waals surface area contributed by atoms with Gasteiger partial charge in [0.05, 0.1) is 26.5 Å². The SMILES string of the molecule is COC(=O)ON(C(=N)N)c1ccc(C(=O)NCC(=O)N2CCN(CC(=O)O)C(=O)[C@@H]2CCC(NC(=O)c2ccccc2)N(OC(=O)OC)C(=N)N)cc1. The lowest BCUT2D eigenvalue weighted by Gasteiger charge is -2.41. The fraction of sp³-hybridized carbons (Fsp3) is 0.323. The van der Waals surface area contributed by atoms with Gasteiger partial charge in [0.2, 0.25) is 23.7 Å². The Bertz CT molecular complexity index is 1710. The van der Waals surface area contributed by atoms with E-state index in [0.717, 1.165) is 24.0 Å². The largest absolute Gasteiger partial charge is 0.533 e. The normalized spacial score (nSPS) is 14.2. The van der Waals surface area contributed by atoms with Crippen LogP contribution in [0.15, 0.2) is 54.6 Å². The van der Waals surface area contributed by atoms with Gasteiger partial charge in [0.15, 0.2) is 0 Å². The molecule has 0 spiro atoms. The summed E-state index contributed by atoms with van der Waals surface area (Å²) in [4.78, 5) is 100. The number of hydroxylamine groups is 3. The zero-order chi connectivity index (χ0) is 39.2. The van der Waals surface area contributed by atoms with E-state index in [1.165, 1.54) is 36.4 Å². The second-order valence-electron chi connectivity index (χ2n) is 10.9. The highest BCUT2D eigenvalue weighted by Crippen LogP contribution is 2.20. The van der Waals surface area contributed by atoms with Crippen LogP contribution in [0, 0.1) is 10.8 Å². The molecule has 22 nitrogen and oxygen atoms in total. The lowest BCUT2D eigenvalue weighted by Crippen LogP contribution is -2.61. The maximum Gasteiger partial charge on any atom is 0.533 e. The molecule has 1 unspecified atom stereocenters. The van der Waals surface area contributed by atoms with Crippen LogP contribution >= 0.6 is 0 Å². The minimum atomic E-state index is -1.39. The first-order valence-corrected chi connectivity index (χ1v) is 15.5. The summed E-state index contributed by atoms with van der Waals surface area (Å²) >= 11 is 0. The summed E-state index contributed by atoms with van der Waals surface area (Å²) in [5.41, 5.74) is 11.4. The van der Waals surface area contributed by atoms with E-state index in [-0.39, 0.29) is 42.7 Å². The molecule has 1 aliphatic heterocycles. The first-order chi connectivity index (χ1) is 25.2. The maximum absolute atomic E-state index is 13.6. The number of hydrogen-bond donors (Lipinski definition) is 7. The number of rotatable bonds is 12. The number of guanidine groups is 2. The molecular weight excluding hydrogens is 704 g/mol. The van der Waals surface area contributed by atoms with Crippen molar-refractivity contribution in [3.63, 3.8) is 0 Å². The number of nitrogens with zero attached hydrogens (tertiary/aromatic N) is 4. The molecule has 4 amide bonds. The third-order valence-electron chi connectivity index (χ3n) is 7.45. The number of methoxy groups -OCH3 is 2. The van der Waals surface area contributed by atoms with E-state index in [9.17, 15) is 38.7 Å². The average Bonchev–Trinajstić information content (AvgIpc) is 3.14. The summed E-state index contributed by atoms with van der Waals surface area (Å²) in [5, 5.41) is 31.1. The van der Waals surface area contributed by atoms with Gasteiger partial charge in [0.25, 0.3) is 11.8 Å². The molecule has 0 bridgehead atoms. The van der Waals surface area contributed by atoms with Crippen LogP contribution in [0.4, 0.5) is 15.3 Å². The van der Waals surface area contributed by atoms with Crippen molar-refractivity contribution in [2.75, 3.05) is 45.5 Å². The van der Waals surface area contributed by atoms with Gasteiger partial charge in [-0.1, -0.05) is 18.2 Å². The number of hydrogen-bond acceptors (Lipinski definition) is 13. The lowest BCUT2D eigenvalue weighted by molar-refractivity contribution is -0.155. The highest BCUT2D eigenvalue weighted by Gasteiger charge is 2.39. The molecule has 0 aromatic heterocycles. The Balaban J connectivity index is 1.81. The first-order valence-electron chi connectivity index (χ1n) is 15.5. The smallest absolute Gasteiger partial charge is 0.480 e. The molecule has 9 N–H and O–H groups in total. The molecular formula is C31H38N10O12. The summed E-state index contributed by atoms with van der Waals surface area (Å²) in [6, 6.07) is 11.7. The minimum absolute atomic E-state index is 0.0500. The summed E-state index contributed by atoms with van der Waals surface area (Å²) in [5.74, 6) is -5.68. The second kappa shape index (κ2) is 18.7. The third kappa shape index (κ3) is 11.2. The molecule has 2 aromatic rings. The van der Waals surface area contributed by atoms with Gasteiger partial charge >= 0.3 is 18.3 Å². The van der Waals surface area contributed by atoms with Crippen molar-refractivity contribution < 1.29 is 57.8 Å². The predicted molar refractivity (Wildman–Crippen MR) is 181 cm³/mol. The van der Waals surface area contributed by atoms with E-state index < -0.39 is 79.1 Å². The molecule has 1 heterocycles. The average molecular weight is 743 g/mol. The molecule has 0 saturated carbocycles. The van der Waals surface area contributed by atoms with Gasteiger partial charge in [-0.3, -0.25) is 39.6 Å². The van der Waals surface area contributed by atoms with Gasteiger partial charge in [-0.15, -0.1) is 10.1 Å². The van der Waals surface area contributed by atoms with E-state index in [0.29, 0.717) is 10.1 Å². The molecule has 0 radical (unpaired) electrons. The molecule has 53 heavy (non-hydrogen) atoms. The number of carbonyl (C=O) groups excluding carboxylic acids is 6. The number of anilines is 1. The van der Waals surface area contributed by atoms with Gasteiger partial charge in [0, 0.05) is 24.2 Å². The zero-order valence-electron chi connectivity index (χ0n) is 28.5. The van der Waals surface area contributed by atoms with Crippen LogP contribution in [0.2, 0.25) is 0 Å². The number of amides is 4. The first kappa shape index (κ1) is 40.3. The van der Waals surface area contributed by atoms with Crippen molar-refractivity contribution in [1.29, 1.82) is 10.8 Å². The molecule has 0 aliphatic carbocycles. The number of benzene rings is 2. The minimum Gasteiger partial charge on any atom is -0.480 e. The number of ether oxygens (including phenoxy) is 2. The third-order valence-corrected chi connectivity index (χ3v) is 7.45. The van der Waals surface area contributed by atoms with Gasteiger partial charge in [-0.2, -0.15) is 0 Å². The van der Waals surface area contributed by atoms with Gasteiger partial charge in [-0.05, 0) is 49.2 Å². The summed E-state index contributed by atoms with van der Waals surface area (Å²) in [7, 11) is 2.05. The Hall–Kier alpha value is -7.13. The van der Waals surface area contributed by atoms with Gasteiger partial charge < -0.3 is 51.3 Å². The van der Waals surface area contributed by atoms with Crippen molar-refractivity contribution in [2.45, 2.75) is 25.0 Å². The predicted octanol–water partition coefficient (Wildman–Crippen LogP) is -0.632. The number of carbonyl (C=O) groups is 7. The number of nitrogens with two attached hydrogens (primary N) is 2. The fourth-order valence-corrected chi connectivity index (χ4v) is 4.98. The van der Waals surface area contributed by atoms with E-state index in [1.54, 1.807) is 18.2 Å². The number of aliphatic carboxylic acids is 1. The monoisotopic (exact) mass is 742 g/mol. The highest BCUT2D eigenvalue weighted by atomic mass is 16.8. The topological polar surface area (TPSA) is 313 Å². The van der Waals surface area contributed by atoms with Crippen molar-refractivity contribution in [1.82, 2.24) is 25.5 Å². The van der Waals surface area contributed by atoms with Crippen LogP contribution in [-0.2, 0) is 33.5 Å². The number of nitrogens with one attached hydrogen (secondary N) is 4. The van der Waals surface area contributed by atoms with Crippen LogP contribution in [0.25, 0.3) is 0 Å².